The third-order valence-electron chi connectivity index (χ3n) is 1.76. The maximum Gasteiger partial charge on any atom is 0.287 e. The minimum absolute atomic E-state index is 0.156. The van der Waals surface area contributed by atoms with Crippen LogP contribution in [-0.4, -0.2) is 17.3 Å². The molecule has 0 aliphatic heterocycles. The molecule has 4 heteroatoms. The van der Waals surface area contributed by atoms with Gasteiger partial charge in [0.2, 0.25) is 0 Å². The van der Waals surface area contributed by atoms with E-state index < -0.39 is 0 Å². The van der Waals surface area contributed by atoms with Crippen LogP contribution in [0.3, 0.4) is 0 Å². The summed E-state index contributed by atoms with van der Waals surface area (Å²) in [6, 6.07) is 3.51. The second kappa shape index (κ2) is 5.07. The highest BCUT2D eigenvalue weighted by molar-refractivity contribution is 9.09. The Morgan fingerprint density at radius 3 is 3.00 bits per heavy atom. The lowest BCUT2D eigenvalue weighted by atomic mass is 10.2. The van der Waals surface area contributed by atoms with Crippen molar-refractivity contribution < 1.29 is 9.21 Å². The molecule has 1 unspecified atom stereocenters. The number of carbonyl (C=O) groups is 1. The van der Waals surface area contributed by atoms with E-state index in [1.165, 1.54) is 6.26 Å². The van der Waals surface area contributed by atoms with Crippen molar-refractivity contribution in [3.63, 3.8) is 0 Å². The standard InChI is InChI=1S/C9H12BrNO2/c1-2-7(6-10)11-9(12)8-4-3-5-13-8/h3-5,7H,2,6H2,1H3,(H,11,12). The van der Waals surface area contributed by atoms with Gasteiger partial charge in [-0.25, -0.2) is 0 Å². The molecule has 0 bridgehead atoms. The first-order valence-corrected chi connectivity index (χ1v) is 5.30. The van der Waals surface area contributed by atoms with Crippen molar-refractivity contribution in [1.29, 1.82) is 0 Å². The van der Waals surface area contributed by atoms with Crippen LogP contribution in [0.2, 0.25) is 0 Å². The summed E-state index contributed by atoms with van der Waals surface area (Å²) in [5.41, 5.74) is 0. The molecule has 72 valence electrons. The fourth-order valence-corrected chi connectivity index (χ4v) is 1.53. The molecule has 3 nitrogen and oxygen atoms in total. The van der Waals surface area contributed by atoms with Gasteiger partial charge in [0, 0.05) is 11.4 Å². The van der Waals surface area contributed by atoms with E-state index in [0.29, 0.717) is 5.76 Å². The fourth-order valence-electron chi connectivity index (χ4n) is 0.914. The monoisotopic (exact) mass is 245 g/mol. The molecular weight excluding hydrogens is 234 g/mol. The highest BCUT2D eigenvalue weighted by Gasteiger charge is 2.12. The number of nitrogens with one attached hydrogen (secondary N) is 1. The van der Waals surface area contributed by atoms with Crippen LogP contribution < -0.4 is 5.32 Å². The Morgan fingerprint density at radius 2 is 2.54 bits per heavy atom. The molecule has 0 aliphatic carbocycles. The molecule has 1 rings (SSSR count). The lowest BCUT2D eigenvalue weighted by Crippen LogP contribution is -2.35. The first-order valence-electron chi connectivity index (χ1n) is 4.18. The molecule has 1 atom stereocenters. The molecule has 0 radical (unpaired) electrons. The number of hydrogen-bond acceptors (Lipinski definition) is 2. The van der Waals surface area contributed by atoms with E-state index in [4.69, 9.17) is 4.42 Å². The van der Waals surface area contributed by atoms with E-state index in [-0.39, 0.29) is 11.9 Å². The van der Waals surface area contributed by atoms with Gasteiger partial charge in [0.1, 0.15) is 0 Å². The molecule has 1 N–H and O–H groups in total. The molecule has 13 heavy (non-hydrogen) atoms. The van der Waals surface area contributed by atoms with Crippen molar-refractivity contribution in [1.82, 2.24) is 5.32 Å². The van der Waals surface area contributed by atoms with E-state index in [2.05, 4.69) is 21.2 Å². The molecule has 0 saturated heterocycles. The summed E-state index contributed by atoms with van der Waals surface area (Å²) in [5.74, 6) is 0.204. The van der Waals surface area contributed by atoms with E-state index >= 15 is 0 Å². The van der Waals surface area contributed by atoms with E-state index in [1.807, 2.05) is 6.92 Å². The average molecular weight is 246 g/mol. The van der Waals surface area contributed by atoms with Gasteiger partial charge >= 0.3 is 0 Å². The summed E-state index contributed by atoms with van der Waals surface area (Å²) in [7, 11) is 0. The predicted molar refractivity (Wildman–Crippen MR) is 54.0 cm³/mol. The lowest BCUT2D eigenvalue weighted by Gasteiger charge is -2.12. The largest absolute Gasteiger partial charge is 0.459 e. The lowest BCUT2D eigenvalue weighted by molar-refractivity contribution is 0.0912. The van der Waals surface area contributed by atoms with Crippen LogP contribution in [0.4, 0.5) is 0 Å². The number of rotatable bonds is 4. The van der Waals surface area contributed by atoms with Gasteiger partial charge in [-0.1, -0.05) is 22.9 Å². The maximum atomic E-state index is 11.4. The second-order valence-corrected chi connectivity index (χ2v) is 3.36. The SMILES string of the molecule is CCC(CBr)NC(=O)c1ccco1. The summed E-state index contributed by atoms with van der Waals surface area (Å²) < 4.78 is 4.96. The van der Waals surface area contributed by atoms with Crippen molar-refractivity contribution in [3.05, 3.63) is 24.2 Å². The van der Waals surface area contributed by atoms with Crippen molar-refractivity contribution >= 4 is 21.8 Å². The Morgan fingerprint density at radius 1 is 1.77 bits per heavy atom. The van der Waals surface area contributed by atoms with Crippen molar-refractivity contribution in [3.8, 4) is 0 Å². The number of furan rings is 1. The van der Waals surface area contributed by atoms with Crippen LogP contribution in [0, 0.1) is 0 Å². The van der Waals surface area contributed by atoms with E-state index in [0.717, 1.165) is 11.8 Å². The number of carbonyl (C=O) groups excluding carboxylic acids is 1. The van der Waals surface area contributed by atoms with Gasteiger partial charge in [-0.15, -0.1) is 0 Å². The molecule has 0 fully saturated rings. The number of alkyl halides is 1. The zero-order valence-electron chi connectivity index (χ0n) is 7.42. The minimum Gasteiger partial charge on any atom is -0.459 e. The minimum atomic E-state index is -0.156. The molecule has 1 aromatic heterocycles. The quantitative estimate of drug-likeness (QED) is 0.827. The van der Waals surface area contributed by atoms with E-state index in [9.17, 15) is 4.79 Å². The van der Waals surface area contributed by atoms with Gasteiger partial charge in [-0.3, -0.25) is 4.79 Å². The van der Waals surface area contributed by atoms with E-state index in [1.54, 1.807) is 12.1 Å². The molecule has 1 amide bonds. The molecule has 0 aromatic carbocycles. The van der Waals surface area contributed by atoms with Crippen LogP contribution in [-0.2, 0) is 0 Å². The summed E-state index contributed by atoms with van der Waals surface area (Å²) in [6.07, 6.45) is 2.39. The first kappa shape index (κ1) is 10.3. The van der Waals surface area contributed by atoms with Gasteiger partial charge in [0.25, 0.3) is 5.91 Å². The zero-order valence-corrected chi connectivity index (χ0v) is 9.00. The Hall–Kier alpha value is -0.770. The Bertz CT molecular complexity index is 255. The molecule has 0 aliphatic rings. The number of halogens is 1. The smallest absolute Gasteiger partial charge is 0.287 e. The van der Waals surface area contributed by atoms with Crippen molar-refractivity contribution in [2.24, 2.45) is 0 Å². The number of hydrogen-bond donors (Lipinski definition) is 1. The van der Waals surface area contributed by atoms with Crippen LogP contribution in [0.25, 0.3) is 0 Å². The first-order chi connectivity index (χ1) is 6.27. The summed E-state index contributed by atoms with van der Waals surface area (Å²) >= 11 is 3.32. The summed E-state index contributed by atoms with van der Waals surface area (Å²) in [6.45, 7) is 2.02. The second-order valence-electron chi connectivity index (χ2n) is 2.71. The highest BCUT2D eigenvalue weighted by Crippen LogP contribution is 2.02. The van der Waals surface area contributed by atoms with Crippen LogP contribution in [0.1, 0.15) is 23.9 Å². The average Bonchev–Trinajstić information content (AvgIpc) is 2.66. The van der Waals surface area contributed by atoms with Gasteiger partial charge in [0.15, 0.2) is 5.76 Å². The Labute approximate surface area is 85.6 Å². The third kappa shape index (κ3) is 2.88. The highest BCUT2D eigenvalue weighted by atomic mass is 79.9. The summed E-state index contributed by atoms with van der Waals surface area (Å²) in [5, 5.41) is 3.60. The molecule has 1 heterocycles. The molecule has 0 spiro atoms. The van der Waals surface area contributed by atoms with Gasteiger partial charge in [-0.2, -0.15) is 0 Å². The van der Waals surface area contributed by atoms with Gasteiger partial charge in [0.05, 0.1) is 6.26 Å². The topological polar surface area (TPSA) is 42.2 Å². The van der Waals surface area contributed by atoms with Gasteiger partial charge in [-0.05, 0) is 18.6 Å². The summed E-state index contributed by atoms with van der Waals surface area (Å²) in [4.78, 5) is 11.4. The normalized spacial score (nSPS) is 12.5. The van der Waals surface area contributed by atoms with Crippen LogP contribution in [0.15, 0.2) is 22.8 Å². The number of amides is 1. The Kier molecular flexibility index (Phi) is 4.02. The Balaban J connectivity index is 2.50. The van der Waals surface area contributed by atoms with Crippen LogP contribution >= 0.6 is 15.9 Å². The molecule has 0 saturated carbocycles. The predicted octanol–water partition coefficient (Wildman–Crippen LogP) is 2.18. The van der Waals surface area contributed by atoms with Crippen molar-refractivity contribution in [2.75, 3.05) is 5.33 Å². The van der Waals surface area contributed by atoms with Crippen molar-refractivity contribution in [2.45, 2.75) is 19.4 Å². The molecular formula is C9H12BrNO2. The maximum absolute atomic E-state index is 11.4. The fraction of sp³-hybridized carbons (Fsp3) is 0.444. The molecule has 1 aromatic rings. The third-order valence-corrected chi connectivity index (χ3v) is 2.54. The van der Waals surface area contributed by atoms with Gasteiger partial charge < -0.3 is 9.73 Å². The van der Waals surface area contributed by atoms with Crippen LogP contribution in [0.5, 0.6) is 0 Å². The zero-order chi connectivity index (χ0) is 9.68.